The van der Waals surface area contributed by atoms with Crippen LogP contribution in [0.5, 0.6) is 0 Å². The minimum atomic E-state index is -0.484. The van der Waals surface area contributed by atoms with Gasteiger partial charge in [-0.1, -0.05) is 29.8 Å². The lowest BCUT2D eigenvalue weighted by Crippen LogP contribution is -2.50. The van der Waals surface area contributed by atoms with Gasteiger partial charge in [-0.2, -0.15) is 0 Å². The van der Waals surface area contributed by atoms with Crippen LogP contribution in [0.25, 0.3) is 0 Å². The second-order valence-electron chi connectivity index (χ2n) is 8.18. The Kier molecular flexibility index (Phi) is 6.42. The van der Waals surface area contributed by atoms with E-state index in [4.69, 9.17) is 22.1 Å². The third kappa shape index (κ3) is 5.70. The van der Waals surface area contributed by atoms with Crippen LogP contribution < -0.4 is 16.0 Å². The SMILES string of the molecule is CC(C)(C)OC(=O)N1CCN(c2cccc(NCc3cccc(Cl)c3)c2N)CC1. The van der Waals surface area contributed by atoms with Crippen LogP contribution in [0, 0.1) is 0 Å². The summed E-state index contributed by atoms with van der Waals surface area (Å²) in [6, 6.07) is 13.7. The second kappa shape index (κ2) is 8.82. The monoisotopic (exact) mass is 416 g/mol. The van der Waals surface area contributed by atoms with E-state index in [0.717, 1.165) is 16.9 Å². The molecule has 0 unspecified atom stereocenters. The number of carbonyl (C=O) groups is 1. The smallest absolute Gasteiger partial charge is 0.410 e. The average molecular weight is 417 g/mol. The summed E-state index contributed by atoms with van der Waals surface area (Å²) in [5, 5.41) is 4.11. The number of nitrogens with zero attached hydrogens (tertiary/aromatic N) is 2. The lowest BCUT2D eigenvalue weighted by Gasteiger charge is -2.37. The number of benzene rings is 2. The molecule has 2 aromatic carbocycles. The zero-order valence-corrected chi connectivity index (χ0v) is 18.0. The molecular formula is C22H29ClN4O2. The standard InChI is InChI=1S/C22H29ClN4O2/c1-22(2,3)29-21(28)27-12-10-26(11-13-27)19-9-5-8-18(20(19)24)25-15-16-6-4-7-17(23)14-16/h4-9,14,25H,10-13,15,24H2,1-3H3. The van der Waals surface area contributed by atoms with Gasteiger partial charge < -0.3 is 25.6 Å². The fourth-order valence-corrected chi connectivity index (χ4v) is 3.50. The summed E-state index contributed by atoms with van der Waals surface area (Å²) in [7, 11) is 0. The summed E-state index contributed by atoms with van der Waals surface area (Å²) < 4.78 is 5.47. The fraction of sp³-hybridized carbons (Fsp3) is 0.409. The maximum atomic E-state index is 12.3. The molecule has 1 aliphatic rings. The van der Waals surface area contributed by atoms with Gasteiger partial charge in [0, 0.05) is 37.7 Å². The Balaban J connectivity index is 1.62. The summed E-state index contributed by atoms with van der Waals surface area (Å²) in [5.74, 6) is 0. The molecule has 7 heteroatoms. The number of nitrogen functional groups attached to an aromatic ring is 1. The van der Waals surface area contributed by atoms with E-state index in [1.54, 1.807) is 4.90 Å². The molecule has 0 spiro atoms. The van der Waals surface area contributed by atoms with E-state index in [1.165, 1.54) is 0 Å². The van der Waals surface area contributed by atoms with E-state index < -0.39 is 5.60 Å². The molecule has 1 aliphatic heterocycles. The van der Waals surface area contributed by atoms with Gasteiger partial charge in [-0.05, 0) is 50.6 Å². The number of hydrogen-bond donors (Lipinski definition) is 2. The number of nitrogens with two attached hydrogens (primary N) is 1. The third-order valence-electron chi connectivity index (χ3n) is 4.73. The first-order valence-electron chi connectivity index (χ1n) is 9.82. The third-order valence-corrected chi connectivity index (χ3v) is 4.96. The first kappa shape index (κ1) is 21.1. The van der Waals surface area contributed by atoms with Gasteiger partial charge in [0.05, 0.1) is 17.1 Å². The van der Waals surface area contributed by atoms with Gasteiger partial charge in [-0.3, -0.25) is 0 Å². The number of para-hydroxylation sites is 1. The fourth-order valence-electron chi connectivity index (χ4n) is 3.28. The van der Waals surface area contributed by atoms with Crippen LogP contribution in [0.2, 0.25) is 5.02 Å². The highest BCUT2D eigenvalue weighted by Gasteiger charge is 2.26. The molecule has 0 radical (unpaired) electrons. The first-order chi connectivity index (χ1) is 13.7. The van der Waals surface area contributed by atoms with Gasteiger partial charge in [0.25, 0.3) is 0 Å². The predicted octanol–water partition coefficient (Wildman–Crippen LogP) is 4.59. The molecule has 0 aliphatic carbocycles. The molecule has 2 aromatic rings. The molecule has 0 aromatic heterocycles. The number of halogens is 1. The van der Waals surface area contributed by atoms with Crippen molar-refractivity contribution in [2.75, 3.05) is 42.1 Å². The first-order valence-corrected chi connectivity index (χ1v) is 10.2. The number of nitrogens with one attached hydrogen (secondary N) is 1. The molecular weight excluding hydrogens is 388 g/mol. The van der Waals surface area contributed by atoms with Crippen LogP contribution >= 0.6 is 11.6 Å². The van der Waals surface area contributed by atoms with E-state index in [2.05, 4.69) is 10.2 Å². The number of carbonyl (C=O) groups excluding carboxylic acids is 1. The van der Waals surface area contributed by atoms with Crippen LogP contribution in [0.1, 0.15) is 26.3 Å². The van der Waals surface area contributed by atoms with Gasteiger partial charge in [-0.15, -0.1) is 0 Å². The van der Waals surface area contributed by atoms with Gasteiger partial charge in [0.15, 0.2) is 0 Å². The molecule has 1 amide bonds. The molecule has 1 heterocycles. The minimum absolute atomic E-state index is 0.262. The summed E-state index contributed by atoms with van der Waals surface area (Å²) in [5.41, 5.74) is 9.63. The van der Waals surface area contributed by atoms with Crippen molar-refractivity contribution in [3.05, 3.63) is 53.1 Å². The number of hydrogen-bond acceptors (Lipinski definition) is 5. The molecule has 0 bridgehead atoms. The number of anilines is 3. The Morgan fingerprint density at radius 1 is 1.14 bits per heavy atom. The average Bonchev–Trinajstić information content (AvgIpc) is 2.66. The Morgan fingerprint density at radius 2 is 1.83 bits per heavy atom. The molecule has 3 rings (SSSR count). The summed E-state index contributed by atoms with van der Waals surface area (Å²) in [6.45, 7) is 8.91. The van der Waals surface area contributed by atoms with Crippen molar-refractivity contribution >= 4 is 34.8 Å². The van der Waals surface area contributed by atoms with Crippen molar-refractivity contribution in [2.24, 2.45) is 0 Å². The van der Waals surface area contributed by atoms with E-state index in [1.807, 2.05) is 63.2 Å². The van der Waals surface area contributed by atoms with E-state index in [0.29, 0.717) is 43.4 Å². The number of rotatable bonds is 4. The zero-order valence-electron chi connectivity index (χ0n) is 17.2. The lowest BCUT2D eigenvalue weighted by molar-refractivity contribution is 0.0240. The van der Waals surface area contributed by atoms with Crippen molar-refractivity contribution in [3.8, 4) is 0 Å². The van der Waals surface area contributed by atoms with Crippen LogP contribution in [0.4, 0.5) is 21.9 Å². The predicted molar refractivity (Wildman–Crippen MR) is 120 cm³/mol. The zero-order chi connectivity index (χ0) is 21.0. The summed E-state index contributed by atoms with van der Waals surface area (Å²) >= 11 is 6.06. The van der Waals surface area contributed by atoms with E-state index >= 15 is 0 Å². The molecule has 6 nitrogen and oxygen atoms in total. The highest BCUT2D eigenvalue weighted by atomic mass is 35.5. The topological polar surface area (TPSA) is 70.8 Å². The molecule has 0 saturated carbocycles. The van der Waals surface area contributed by atoms with Gasteiger partial charge >= 0.3 is 6.09 Å². The van der Waals surface area contributed by atoms with Crippen LogP contribution in [-0.2, 0) is 11.3 Å². The normalized spacial score (nSPS) is 14.6. The van der Waals surface area contributed by atoms with Crippen molar-refractivity contribution in [2.45, 2.75) is 32.9 Å². The van der Waals surface area contributed by atoms with E-state index in [9.17, 15) is 4.79 Å². The summed E-state index contributed by atoms with van der Waals surface area (Å²) in [4.78, 5) is 16.2. The van der Waals surface area contributed by atoms with E-state index in [-0.39, 0.29) is 6.09 Å². The van der Waals surface area contributed by atoms with Crippen LogP contribution in [-0.4, -0.2) is 42.8 Å². The van der Waals surface area contributed by atoms with Crippen molar-refractivity contribution < 1.29 is 9.53 Å². The van der Waals surface area contributed by atoms with Crippen LogP contribution in [0.15, 0.2) is 42.5 Å². The molecule has 1 saturated heterocycles. The molecule has 29 heavy (non-hydrogen) atoms. The highest BCUT2D eigenvalue weighted by Crippen LogP contribution is 2.31. The summed E-state index contributed by atoms with van der Waals surface area (Å²) in [6.07, 6.45) is -0.262. The highest BCUT2D eigenvalue weighted by molar-refractivity contribution is 6.30. The lowest BCUT2D eigenvalue weighted by atomic mass is 10.1. The van der Waals surface area contributed by atoms with Gasteiger partial charge in [-0.25, -0.2) is 4.79 Å². The molecule has 0 atom stereocenters. The Bertz CT molecular complexity index is 858. The molecule has 1 fully saturated rings. The Hall–Kier alpha value is -2.60. The Morgan fingerprint density at radius 3 is 2.48 bits per heavy atom. The maximum absolute atomic E-state index is 12.3. The minimum Gasteiger partial charge on any atom is -0.444 e. The quantitative estimate of drug-likeness (QED) is 0.713. The second-order valence-corrected chi connectivity index (χ2v) is 8.61. The van der Waals surface area contributed by atoms with Crippen LogP contribution in [0.3, 0.4) is 0 Å². The van der Waals surface area contributed by atoms with Crippen molar-refractivity contribution in [1.29, 1.82) is 0 Å². The van der Waals surface area contributed by atoms with Gasteiger partial charge in [0.1, 0.15) is 5.60 Å². The van der Waals surface area contributed by atoms with Crippen molar-refractivity contribution in [3.63, 3.8) is 0 Å². The largest absolute Gasteiger partial charge is 0.444 e. The number of amides is 1. The Labute approximate surface area is 177 Å². The number of piperazine rings is 1. The van der Waals surface area contributed by atoms with Gasteiger partial charge in [0.2, 0.25) is 0 Å². The maximum Gasteiger partial charge on any atom is 0.410 e. The number of ether oxygens (including phenoxy) is 1. The van der Waals surface area contributed by atoms with Crippen molar-refractivity contribution in [1.82, 2.24) is 4.90 Å². The molecule has 156 valence electrons. The molecule has 3 N–H and O–H groups in total.